The van der Waals surface area contributed by atoms with Gasteiger partial charge in [0, 0.05) is 6.20 Å². The molecule has 19 heavy (non-hydrogen) atoms. The molecule has 1 aromatic rings. The Morgan fingerprint density at radius 1 is 1.37 bits per heavy atom. The van der Waals surface area contributed by atoms with Crippen LogP contribution in [0.15, 0.2) is 12.3 Å². The second-order valence-corrected chi connectivity index (χ2v) is 5.27. The van der Waals surface area contributed by atoms with Gasteiger partial charge in [-0.15, -0.1) is 0 Å². The molecule has 5 heteroatoms. The fourth-order valence-electron chi connectivity index (χ4n) is 2.08. The number of fused-ring (bicyclic) bond motifs is 1. The Hall–Kier alpha value is -2.22. The summed E-state index contributed by atoms with van der Waals surface area (Å²) in [6.45, 7) is 7.03. The number of pyridine rings is 1. The lowest BCUT2D eigenvalue weighted by Gasteiger charge is -2.34. The Balaban J connectivity index is 2.58. The van der Waals surface area contributed by atoms with Gasteiger partial charge < -0.3 is 0 Å². The predicted molar refractivity (Wildman–Crippen MR) is 68.3 cm³/mol. The molecule has 1 unspecified atom stereocenters. The number of aryl methyl sites for hydroxylation is 1. The highest BCUT2D eigenvalue weighted by molar-refractivity contribution is 6.21. The van der Waals surface area contributed by atoms with E-state index in [9.17, 15) is 14.9 Å². The second-order valence-electron chi connectivity index (χ2n) is 5.27. The molecule has 98 valence electrons. The average Bonchev–Trinajstić information content (AvgIpc) is 2.61. The topological polar surface area (TPSA) is 74.1 Å². The lowest BCUT2D eigenvalue weighted by molar-refractivity contribution is 0.0463. The third-order valence-electron chi connectivity index (χ3n) is 3.68. The van der Waals surface area contributed by atoms with Crippen LogP contribution in [-0.2, 0) is 0 Å². The molecule has 2 heterocycles. The standard InChI is InChI=1S/C14H15N3O2/c1-8(2)14(4,7-15)17-12(18)10-5-9(3)6-16-11(10)13(17)19/h5-6,8H,1-4H3. The zero-order valence-corrected chi connectivity index (χ0v) is 11.4. The van der Waals surface area contributed by atoms with Crippen LogP contribution in [0.1, 0.15) is 47.2 Å². The number of hydrogen-bond donors (Lipinski definition) is 0. The normalized spacial score (nSPS) is 17.4. The van der Waals surface area contributed by atoms with Crippen molar-refractivity contribution < 1.29 is 9.59 Å². The molecule has 5 nitrogen and oxygen atoms in total. The van der Waals surface area contributed by atoms with Crippen LogP contribution in [0, 0.1) is 24.2 Å². The van der Waals surface area contributed by atoms with Crippen LogP contribution in [0.2, 0.25) is 0 Å². The maximum absolute atomic E-state index is 12.4. The minimum atomic E-state index is -1.16. The molecular weight excluding hydrogens is 242 g/mol. The van der Waals surface area contributed by atoms with E-state index in [1.807, 2.05) is 13.8 Å². The van der Waals surface area contributed by atoms with Crippen LogP contribution in [-0.4, -0.2) is 27.2 Å². The Morgan fingerprint density at radius 2 is 2.00 bits per heavy atom. The van der Waals surface area contributed by atoms with Gasteiger partial charge in [0.2, 0.25) is 0 Å². The van der Waals surface area contributed by atoms with E-state index in [0.717, 1.165) is 10.5 Å². The summed E-state index contributed by atoms with van der Waals surface area (Å²) in [5, 5.41) is 9.37. The molecule has 2 amide bonds. The van der Waals surface area contributed by atoms with Crippen LogP contribution in [0.5, 0.6) is 0 Å². The van der Waals surface area contributed by atoms with Crippen molar-refractivity contribution in [1.29, 1.82) is 5.26 Å². The first-order valence-electron chi connectivity index (χ1n) is 6.09. The van der Waals surface area contributed by atoms with E-state index in [1.165, 1.54) is 0 Å². The number of rotatable bonds is 2. The monoisotopic (exact) mass is 257 g/mol. The molecule has 1 aliphatic heterocycles. The first-order valence-corrected chi connectivity index (χ1v) is 6.09. The van der Waals surface area contributed by atoms with E-state index in [1.54, 1.807) is 26.1 Å². The molecule has 0 radical (unpaired) electrons. The van der Waals surface area contributed by atoms with Crippen LogP contribution in [0.4, 0.5) is 0 Å². The number of imide groups is 1. The third-order valence-corrected chi connectivity index (χ3v) is 3.68. The molecule has 1 aliphatic rings. The Bertz CT molecular complexity index is 616. The van der Waals surface area contributed by atoms with Crippen LogP contribution >= 0.6 is 0 Å². The number of amides is 2. The molecule has 1 aromatic heterocycles. The molecule has 0 N–H and O–H groups in total. The molecule has 0 aromatic carbocycles. The maximum Gasteiger partial charge on any atom is 0.281 e. The minimum absolute atomic E-state index is 0.137. The molecule has 0 fully saturated rings. The third kappa shape index (κ3) is 1.72. The van der Waals surface area contributed by atoms with E-state index in [2.05, 4.69) is 11.1 Å². The summed E-state index contributed by atoms with van der Waals surface area (Å²) in [5.41, 5.74) is 0.0674. The molecule has 0 bridgehead atoms. The van der Waals surface area contributed by atoms with E-state index < -0.39 is 17.4 Å². The quantitative estimate of drug-likeness (QED) is 0.759. The number of hydrogen-bond acceptors (Lipinski definition) is 4. The van der Waals surface area contributed by atoms with Crippen molar-refractivity contribution in [2.45, 2.75) is 33.2 Å². The number of nitrogens with zero attached hydrogens (tertiary/aromatic N) is 3. The molecule has 0 aliphatic carbocycles. The van der Waals surface area contributed by atoms with Gasteiger partial charge in [0.25, 0.3) is 11.8 Å². The Kier molecular flexibility index (Phi) is 2.90. The van der Waals surface area contributed by atoms with E-state index >= 15 is 0 Å². The minimum Gasteiger partial charge on any atom is -0.268 e. The highest BCUT2D eigenvalue weighted by Crippen LogP contribution is 2.32. The summed E-state index contributed by atoms with van der Waals surface area (Å²) < 4.78 is 0. The van der Waals surface area contributed by atoms with Crippen LogP contribution < -0.4 is 0 Å². The molecule has 0 saturated carbocycles. The summed E-state index contributed by atoms with van der Waals surface area (Å²) in [6, 6.07) is 3.73. The van der Waals surface area contributed by atoms with Crippen molar-refractivity contribution in [3.8, 4) is 6.07 Å². The fourth-order valence-corrected chi connectivity index (χ4v) is 2.08. The lowest BCUT2D eigenvalue weighted by atomic mass is 9.88. The van der Waals surface area contributed by atoms with Crippen LogP contribution in [0.25, 0.3) is 0 Å². The number of aromatic nitrogens is 1. The van der Waals surface area contributed by atoms with Crippen LogP contribution in [0.3, 0.4) is 0 Å². The zero-order chi connectivity index (χ0) is 14.4. The second kappa shape index (κ2) is 4.16. The highest BCUT2D eigenvalue weighted by atomic mass is 16.2. The van der Waals surface area contributed by atoms with Gasteiger partial charge in [-0.25, -0.2) is 4.98 Å². The predicted octanol–water partition coefficient (Wildman–Crippen LogP) is 1.92. The summed E-state index contributed by atoms with van der Waals surface area (Å²) in [7, 11) is 0. The van der Waals surface area contributed by atoms with Gasteiger partial charge in [-0.05, 0) is 31.4 Å². The van der Waals surface area contributed by atoms with Gasteiger partial charge in [0.05, 0.1) is 11.6 Å². The number of nitriles is 1. The van der Waals surface area contributed by atoms with E-state index in [-0.39, 0.29) is 17.2 Å². The van der Waals surface area contributed by atoms with Gasteiger partial charge >= 0.3 is 0 Å². The fraction of sp³-hybridized carbons (Fsp3) is 0.429. The first kappa shape index (κ1) is 13.2. The molecule has 0 saturated heterocycles. The van der Waals surface area contributed by atoms with Gasteiger partial charge in [0.15, 0.2) is 0 Å². The average molecular weight is 257 g/mol. The van der Waals surface area contributed by atoms with Crippen molar-refractivity contribution in [3.05, 3.63) is 29.1 Å². The van der Waals surface area contributed by atoms with Gasteiger partial charge in [-0.3, -0.25) is 14.5 Å². The summed E-state index contributed by atoms with van der Waals surface area (Å²) in [6.07, 6.45) is 1.55. The van der Waals surface area contributed by atoms with Crippen molar-refractivity contribution >= 4 is 11.8 Å². The SMILES string of the molecule is Cc1cnc2c(c1)C(=O)N(C(C)(C#N)C(C)C)C2=O. The Morgan fingerprint density at radius 3 is 2.53 bits per heavy atom. The Labute approximate surface area is 111 Å². The number of carbonyl (C=O) groups is 2. The zero-order valence-electron chi connectivity index (χ0n) is 11.4. The molecule has 1 atom stereocenters. The first-order chi connectivity index (χ1) is 8.82. The largest absolute Gasteiger partial charge is 0.281 e. The van der Waals surface area contributed by atoms with Gasteiger partial charge in [-0.1, -0.05) is 13.8 Å². The van der Waals surface area contributed by atoms with Crippen molar-refractivity contribution in [1.82, 2.24) is 9.88 Å². The molecular formula is C14H15N3O2. The van der Waals surface area contributed by atoms with E-state index in [0.29, 0.717) is 0 Å². The lowest BCUT2D eigenvalue weighted by Crippen LogP contribution is -2.52. The number of carbonyl (C=O) groups excluding carboxylic acids is 2. The maximum atomic E-state index is 12.4. The van der Waals surface area contributed by atoms with Gasteiger partial charge in [-0.2, -0.15) is 5.26 Å². The summed E-state index contributed by atoms with van der Waals surface area (Å²) in [5.74, 6) is -1.09. The van der Waals surface area contributed by atoms with Gasteiger partial charge in [0.1, 0.15) is 11.2 Å². The summed E-state index contributed by atoms with van der Waals surface area (Å²) in [4.78, 5) is 29.8. The van der Waals surface area contributed by atoms with Crippen molar-refractivity contribution in [2.75, 3.05) is 0 Å². The molecule has 2 rings (SSSR count). The van der Waals surface area contributed by atoms with Crippen molar-refractivity contribution in [3.63, 3.8) is 0 Å². The molecule has 0 spiro atoms. The summed E-state index contributed by atoms with van der Waals surface area (Å²) >= 11 is 0. The van der Waals surface area contributed by atoms with E-state index in [4.69, 9.17) is 0 Å². The van der Waals surface area contributed by atoms with Crippen molar-refractivity contribution in [2.24, 2.45) is 5.92 Å². The smallest absolute Gasteiger partial charge is 0.268 e. The highest BCUT2D eigenvalue weighted by Gasteiger charge is 2.49.